The van der Waals surface area contributed by atoms with Gasteiger partial charge in [-0.1, -0.05) is 29.8 Å². The third-order valence-electron chi connectivity index (χ3n) is 5.76. The third kappa shape index (κ3) is 3.53. The normalized spacial score (nSPS) is 18.6. The van der Waals surface area contributed by atoms with Crippen LogP contribution in [0.2, 0.25) is 0 Å². The van der Waals surface area contributed by atoms with Crippen molar-refractivity contribution in [2.24, 2.45) is 0 Å². The number of likely N-dealkylation sites (tertiary alicyclic amines) is 1. The Morgan fingerprint density at radius 2 is 1.89 bits per heavy atom. The minimum absolute atomic E-state index is 0.0803. The quantitative estimate of drug-likeness (QED) is 0.733. The van der Waals surface area contributed by atoms with Gasteiger partial charge in [0.1, 0.15) is 5.00 Å². The number of carbonyl (C=O) groups is 2. The Morgan fingerprint density at radius 1 is 1.14 bits per heavy atom. The molecular weight excluding hydrogens is 372 g/mol. The van der Waals surface area contributed by atoms with Crippen molar-refractivity contribution in [3.8, 4) is 0 Å². The minimum Gasteiger partial charge on any atom is -0.465 e. The van der Waals surface area contributed by atoms with Crippen molar-refractivity contribution in [3.63, 3.8) is 0 Å². The molecule has 0 unspecified atom stereocenters. The van der Waals surface area contributed by atoms with E-state index in [0.717, 1.165) is 56.2 Å². The summed E-state index contributed by atoms with van der Waals surface area (Å²) in [6.45, 7) is 2.79. The van der Waals surface area contributed by atoms with Gasteiger partial charge < -0.3 is 9.64 Å². The van der Waals surface area contributed by atoms with Crippen LogP contribution >= 0.6 is 11.3 Å². The maximum atomic E-state index is 13.1. The molecule has 1 N–H and O–H groups in total. The summed E-state index contributed by atoms with van der Waals surface area (Å²) in [6, 6.07) is 8.34. The summed E-state index contributed by atoms with van der Waals surface area (Å²) in [4.78, 5) is 28.6. The van der Waals surface area contributed by atoms with E-state index in [9.17, 15) is 9.59 Å². The molecule has 1 aliphatic carbocycles. The predicted molar refractivity (Wildman–Crippen MR) is 111 cm³/mol. The molecule has 1 fully saturated rings. The van der Waals surface area contributed by atoms with Crippen molar-refractivity contribution in [2.75, 3.05) is 19.0 Å². The number of nitrogens with zero attached hydrogens (tertiary/aromatic N) is 1. The molecular formula is C22H26N2O3S. The van der Waals surface area contributed by atoms with E-state index < -0.39 is 0 Å². The van der Waals surface area contributed by atoms with Gasteiger partial charge in [0, 0.05) is 11.4 Å². The van der Waals surface area contributed by atoms with Crippen LogP contribution < -0.4 is 5.32 Å². The SMILES string of the molecule is COC(=O)c1c(NC(=O)N2CCC[C@H]2c2ccc(C)cc2)sc2c1CCCC2. The summed E-state index contributed by atoms with van der Waals surface area (Å²) in [5.41, 5.74) is 4.00. The van der Waals surface area contributed by atoms with Gasteiger partial charge in [-0.05, 0) is 56.6 Å². The molecule has 0 bridgehead atoms. The number of esters is 1. The zero-order chi connectivity index (χ0) is 19.7. The molecule has 4 rings (SSSR count). The lowest BCUT2D eigenvalue weighted by atomic mass is 9.95. The number of aryl methyl sites for hydroxylation is 2. The Bertz CT molecular complexity index is 888. The zero-order valence-corrected chi connectivity index (χ0v) is 17.2. The number of benzene rings is 1. The van der Waals surface area contributed by atoms with Gasteiger partial charge in [-0.3, -0.25) is 5.32 Å². The van der Waals surface area contributed by atoms with Crippen LogP contribution in [0.5, 0.6) is 0 Å². The summed E-state index contributed by atoms with van der Waals surface area (Å²) in [6.07, 6.45) is 5.99. The Labute approximate surface area is 169 Å². The lowest BCUT2D eigenvalue weighted by Gasteiger charge is -2.25. The molecule has 1 aliphatic heterocycles. The number of hydrogen-bond donors (Lipinski definition) is 1. The molecule has 1 aromatic carbocycles. The van der Waals surface area contributed by atoms with E-state index in [2.05, 4.69) is 36.5 Å². The Balaban J connectivity index is 1.58. The van der Waals surface area contributed by atoms with Gasteiger partial charge in [-0.25, -0.2) is 9.59 Å². The standard InChI is InChI=1S/C22H26N2O3S/c1-14-9-11-15(12-10-14)17-7-5-13-24(17)22(26)23-20-19(21(25)27-2)16-6-3-4-8-18(16)28-20/h9-12,17H,3-8,13H2,1-2H3,(H,23,26)/t17-/m0/s1. The molecule has 1 aromatic heterocycles. The van der Waals surface area contributed by atoms with Crippen LogP contribution in [-0.4, -0.2) is 30.6 Å². The number of thiophene rings is 1. The first-order valence-corrected chi connectivity index (χ1v) is 10.8. The summed E-state index contributed by atoms with van der Waals surface area (Å²) in [5.74, 6) is -0.355. The maximum Gasteiger partial charge on any atom is 0.341 e. The second-order valence-corrected chi connectivity index (χ2v) is 8.70. The van der Waals surface area contributed by atoms with Crippen LogP contribution in [-0.2, 0) is 17.6 Å². The Hall–Kier alpha value is -2.34. The monoisotopic (exact) mass is 398 g/mol. The van der Waals surface area contributed by atoms with E-state index in [1.54, 1.807) is 0 Å². The minimum atomic E-state index is -0.355. The van der Waals surface area contributed by atoms with E-state index in [0.29, 0.717) is 10.6 Å². The number of rotatable bonds is 3. The average Bonchev–Trinajstić information content (AvgIpc) is 3.32. The van der Waals surface area contributed by atoms with Gasteiger partial charge in [0.2, 0.25) is 0 Å². The molecule has 2 heterocycles. The number of methoxy groups -OCH3 is 1. The van der Waals surface area contributed by atoms with Gasteiger partial charge in [0.15, 0.2) is 0 Å². The van der Waals surface area contributed by atoms with E-state index in [-0.39, 0.29) is 18.0 Å². The number of fused-ring (bicyclic) bond motifs is 1. The number of ether oxygens (including phenoxy) is 1. The number of amides is 2. The molecule has 0 spiro atoms. The van der Waals surface area contributed by atoms with Gasteiger partial charge in [0.25, 0.3) is 0 Å². The number of carbonyl (C=O) groups excluding carboxylic acids is 2. The highest BCUT2D eigenvalue weighted by Crippen LogP contribution is 2.39. The molecule has 2 aliphatic rings. The fraction of sp³-hybridized carbons (Fsp3) is 0.455. The highest BCUT2D eigenvalue weighted by Gasteiger charge is 2.32. The molecule has 0 radical (unpaired) electrons. The van der Waals surface area contributed by atoms with Crippen molar-refractivity contribution < 1.29 is 14.3 Å². The van der Waals surface area contributed by atoms with Crippen LogP contribution in [0, 0.1) is 6.92 Å². The van der Waals surface area contributed by atoms with E-state index >= 15 is 0 Å². The highest BCUT2D eigenvalue weighted by atomic mass is 32.1. The Kier molecular flexibility index (Phi) is 5.40. The maximum absolute atomic E-state index is 13.1. The first kappa shape index (κ1) is 19.0. The van der Waals surface area contributed by atoms with Gasteiger partial charge in [-0.2, -0.15) is 0 Å². The molecule has 1 saturated heterocycles. The summed E-state index contributed by atoms with van der Waals surface area (Å²) >= 11 is 1.53. The van der Waals surface area contributed by atoms with Crippen molar-refractivity contribution in [2.45, 2.75) is 51.5 Å². The molecule has 1 atom stereocenters. The number of hydrogen-bond acceptors (Lipinski definition) is 4. The van der Waals surface area contributed by atoms with Crippen LogP contribution in [0.4, 0.5) is 9.80 Å². The number of anilines is 1. The Morgan fingerprint density at radius 3 is 2.64 bits per heavy atom. The van der Waals surface area contributed by atoms with Gasteiger partial charge in [-0.15, -0.1) is 11.3 Å². The van der Waals surface area contributed by atoms with Crippen LogP contribution in [0.15, 0.2) is 24.3 Å². The summed E-state index contributed by atoms with van der Waals surface area (Å²) < 4.78 is 5.01. The topological polar surface area (TPSA) is 58.6 Å². The second-order valence-electron chi connectivity index (χ2n) is 7.60. The molecule has 28 heavy (non-hydrogen) atoms. The molecule has 2 amide bonds. The first-order chi connectivity index (χ1) is 13.6. The second kappa shape index (κ2) is 7.95. The van der Waals surface area contributed by atoms with Gasteiger partial charge in [0.05, 0.1) is 18.7 Å². The highest BCUT2D eigenvalue weighted by molar-refractivity contribution is 7.17. The molecule has 6 heteroatoms. The van der Waals surface area contributed by atoms with E-state index in [1.165, 1.54) is 28.9 Å². The number of nitrogens with one attached hydrogen (secondary N) is 1. The average molecular weight is 399 g/mol. The van der Waals surface area contributed by atoms with Crippen molar-refractivity contribution in [1.29, 1.82) is 0 Å². The number of urea groups is 1. The first-order valence-electron chi connectivity index (χ1n) is 9.95. The summed E-state index contributed by atoms with van der Waals surface area (Å²) in [7, 11) is 1.40. The van der Waals surface area contributed by atoms with Crippen molar-refractivity contribution in [3.05, 3.63) is 51.4 Å². The third-order valence-corrected chi connectivity index (χ3v) is 6.96. The molecule has 148 valence electrons. The smallest absolute Gasteiger partial charge is 0.341 e. The fourth-order valence-corrected chi connectivity index (χ4v) is 5.55. The predicted octanol–water partition coefficient (Wildman–Crippen LogP) is 5.09. The van der Waals surface area contributed by atoms with Gasteiger partial charge >= 0.3 is 12.0 Å². The van der Waals surface area contributed by atoms with Crippen LogP contribution in [0.25, 0.3) is 0 Å². The van der Waals surface area contributed by atoms with Crippen LogP contribution in [0.3, 0.4) is 0 Å². The molecule has 0 saturated carbocycles. The van der Waals surface area contributed by atoms with Crippen molar-refractivity contribution in [1.82, 2.24) is 4.90 Å². The lowest BCUT2D eigenvalue weighted by molar-refractivity contribution is 0.0601. The van der Waals surface area contributed by atoms with E-state index in [4.69, 9.17) is 4.74 Å². The van der Waals surface area contributed by atoms with Crippen LogP contribution in [0.1, 0.15) is 63.7 Å². The molecule has 5 nitrogen and oxygen atoms in total. The fourth-order valence-electron chi connectivity index (χ4n) is 4.29. The lowest BCUT2D eigenvalue weighted by Crippen LogP contribution is -2.34. The summed E-state index contributed by atoms with van der Waals surface area (Å²) in [5, 5.41) is 3.68. The van der Waals surface area contributed by atoms with E-state index in [1.807, 2.05) is 4.90 Å². The largest absolute Gasteiger partial charge is 0.465 e. The molecule has 2 aromatic rings. The zero-order valence-electron chi connectivity index (χ0n) is 16.4. The van der Waals surface area contributed by atoms with Crippen molar-refractivity contribution >= 4 is 28.3 Å².